The van der Waals surface area contributed by atoms with Crippen LogP contribution in [0.15, 0.2) is 4.79 Å². The van der Waals surface area contributed by atoms with E-state index < -0.39 is 23.0 Å². The summed E-state index contributed by atoms with van der Waals surface area (Å²) in [6.45, 7) is 0. The van der Waals surface area contributed by atoms with E-state index in [1.807, 2.05) is 4.72 Å². The van der Waals surface area contributed by atoms with Gasteiger partial charge < -0.3 is 4.74 Å². The van der Waals surface area contributed by atoms with E-state index in [1.54, 1.807) is 0 Å². The van der Waals surface area contributed by atoms with Crippen molar-refractivity contribution in [2.75, 3.05) is 14.2 Å². The predicted molar refractivity (Wildman–Crippen MR) is 53.1 cm³/mol. The number of rotatable bonds is 3. The lowest BCUT2D eigenvalue weighted by atomic mass is 10.9. The van der Waals surface area contributed by atoms with Crippen LogP contribution in [0.3, 0.4) is 0 Å². The number of carbonyl (C=O) groups excluding carboxylic acids is 1. The van der Waals surface area contributed by atoms with Gasteiger partial charge in [0, 0.05) is 7.05 Å². The molecule has 0 radical (unpaired) electrons. The smallest absolute Gasteiger partial charge is 0.360 e. The number of carbonyl (C=O) groups is 1. The summed E-state index contributed by atoms with van der Waals surface area (Å²) >= 11 is -2.01. The fourth-order valence-electron chi connectivity index (χ4n) is 0.886. The van der Waals surface area contributed by atoms with E-state index in [9.17, 15) is 13.8 Å². The standard InChI is InChI=1S/C6H10N4O5S/c1-9-5(14-2)7-10(6(9)12)4(11)8-16(13)15-3/h1-3H3,(H,8,11). The SMILES string of the molecule is COc1nn(C(=O)NS(=O)OC)c(=O)n1C. The zero-order valence-corrected chi connectivity index (χ0v) is 9.61. The normalized spacial score (nSPS) is 12.2. The van der Waals surface area contributed by atoms with Crippen LogP contribution in [0.5, 0.6) is 6.01 Å². The van der Waals surface area contributed by atoms with Gasteiger partial charge in [0.1, 0.15) is 0 Å². The molecule has 9 nitrogen and oxygen atoms in total. The van der Waals surface area contributed by atoms with Gasteiger partial charge in [0.2, 0.25) is 0 Å². The Bertz CT molecular complexity index is 478. The summed E-state index contributed by atoms with van der Waals surface area (Å²) in [6, 6.07) is -1.01. The molecular formula is C6H10N4O5S. The van der Waals surface area contributed by atoms with E-state index in [2.05, 4.69) is 9.28 Å². The number of nitrogens with zero attached hydrogens (tertiary/aromatic N) is 3. The third-order valence-electron chi connectivity index (χ3n) is 1.64. The van der Waals surface area contributed by atoms with Crippen molar-refractivity contribution in [3.8, 4) is 6.01 Å². The lowest BCUT2D eigenvalue weighted by Gasteiger charge is -1.99. The van der Waals surface area contributed by atoms with Crippen molar-refractivity contribution < 1.29 is 17.9 Å². The summed E-state index contributed by atoms with van der Waals surface area (Å²) in [7, 11) is 3.82. The number of hydrogen-bond donors (Lipinski definition) is 1. The maximum Gasteiger partial charge on any atom is 0.360 e. The summed E-state index contributed by atoms with van der Waals surface area (Å²) < 4.78 is 23.3. The monoisotopic (exact) mass is 250 g/mol. The Morgan fingerprint density at radius 2 is 2.12 bits per heavy atom. The highest BCUT2D eigenvalue weighted by molar-refractivity contribution is 7.78. The highest BCUT2D eigenvalue weighted by atomic mass is 32.2. The average Bonchev–Trinajstić information content (AvgIpc) is 2.55. The van der Waals surface area contributed by atoms with Gasteiger partial charge in [-0.3, -0.25) is 4.18 Å². The van der Waals surface area contributed by atoms with Crippen LogP contribution in [0.1, 0.15) is 0 Å². The van der Waals surface area contributed by atoms with E-state index in [-0.39, 0.29) is 6.01 Å². The van der Waals surface area contributed by atoms with Gasteiger partial charge in [-0.15, -0.1) is 9.78 Å². The second-order valence-electron chi connectivity index (χ2n) is 2.55. The van der Waals surface area contributed by atoms with Gasteiger partial charge in [-0.2, -0.15) is 0 Å². The van der Waals surface area contributed by atoms with E-state index in [0.717, 1.165) is 11.7 Å². The summed E-state index contributed by atoms with van der Waals surface area (Å²) in [5.74, 6) is 0. The average molecular weight is 250 g/mol. The lowest BCUT2D eigenvalue weighted by molar-refractivity contribution is 0.242. The van der Waals surface area contributed by atoms with Crippen LogP contribution in [-0.2, 0) is 22.5 Å². The van der Waals surface area contributed by atoms with Gasteiger partial charge in [0.25, 0.3) is 11.3 Å². The van der Waals surface area contributed by atoms with Crippen LogP contribution in [0.4, 0.5) is 4.79 Å². The van der Waals surface area contributed by atoms with Gasteiger partial charge in [-0.05, 0) is 0 Å². The minimum absolute atomic E-state index is 0.0386. The summed E-state index contributed by atoms with van der Waals surface area (Å²) in [5, 5.41) is 3.56. The first-order chi connectivity index (χ1) is 7.51. The molecular weight excluding hydrogens is 240 g/mol. The molecule has 90 valence electrons. The van der Waals surface area contributed by atoms with Crippen LogP contribution >= 0.6 is 0 Å². The molecule has 0 aromatic carbocycles. The summed E-state index contributed by atoms with van der Waals surface area (Å²) in [4.78, 5) is 22.8. The Labute approximate surface area is 92.7 Å². The Hall–Kier alpha value is -1.68. The van der Waals surface area contributed by atoms with Gasteiger partial charge >= 0.3 is 17.7 Å². The van der Waals surface area contributed by atoms with Crippen LogP contribution in [0.2, 0.25) is 0 Å². The zero-order valence-electron chi connectivity index (χ0n) is 8.79. The molecule has 0 saturated carbocycles. The van der Waals surface area contributed by atoms with Gasteiger partial charge in [0.05, 0.1) is 14.2 Å². The van der Waals surface area contributed by atoms with Crippen molar-refractivity contribution in [1.82, 2.24) is 19.1 Å². The molecule has 1 aromatic rings. The molecule has 10 heteroatoms. The van der Waals surface area contributed by atoms with Crippen molar-refractivity contribution >= 4 is 17.3 Å². The van der Waals surface area contributed by atoms with Crippen LogP contribution in [-0.4, -0.2) is 38.8 Å². The second-order valence-corrected chi connectivity index (χ2v) is 3.56. The molecule has 1 heterocycles. The molecule has 0 aliphatic heterocycles. The van der Waals surface area contributed by atoms with Gasteiger partial charge in [-0.25, -0.2) is 23.1 Å². The zero-order chi connectivity index (χ0) is 12.3. The number of methoxy groups -OCH3 is 1. The van der Waals surface area contributed by atoms with Gasteiger partial charge in [0.15, 0.2) is 0 Å². The van der Waals surface area contributed by atoms with Gasteiger partial charge in [-0.1, -0.05) is 0 Å². The number of hydrogen-bond acceptors (Lipinski definition) is 6. The number of amides is 1. The first kappa shape index (κ1) is 12.4. The third-order valence-corrected chi connectivity index (χ3v) is 2.28. The molecule has 1 aromatic heterocycles. The van der Waals surface area contributed by atoms with E-state index >= 15 is 0 Å². The highest BCUT2D eigenvalue weighted by Gasteiger charge is 2.17. The first-order valence-electron chi connectivity index (χ1n) is 3.98. The van der Waals surface area contributed by atoms with E-state index in [1.165, 1.54) is 14.2 Å². The summed E-state index contributed by atoms with van der Waals surface area (Å²) in [5.41, 5.74) is -0.720. The van der Waals surface area contributed by atoms with Crippen LogP contribution < -0.4 is 15.1 Å². The number of ether oxygens (including phenoxy) is 1. The minimum atomic E-state index is -2.01. The molecule has 0 bridgehead atoms. The molecule has 1 atom stereocenters. The predicted octanol–water partition coefficient (Wildman–Crippen LogP) is -1.63. The minimum Gasteiger partial charge on any atom is -0.467 e. The molecule has 0 spiro atoms. The molecule has 0 fully saturated rings. The first-order valence-corrected chi connectivity index (χ1v) is 5.06. The van der Waals surface area contributed by atoms with E-state index in [4.69, 9.17) is 4.74 Å². The van der Waals surface area contributed by atoms with Crippen LogP contribution in [0, 0.1) is 0 Å². The Morgan fingerprint density at radius 1 is 1.50 bits per heavy atom. The fourth-order valence-corrected chi connectivity index (χ4v) is 1.20. The molecule has 16 heavy (non-hydrogen) atoms. The fraction of sp³-hybridized carbons (Fsp3) is 0.500. The maximum absolute atomic E-state index is 11.4. The highest BCUT2D eigenvalue weighted by Crippen LogP contribution is 1.98. The van der Waals surface area contributed by atoms with E-state index in [0.29, 0.717) is 4.68 Å². The molecule has 1 unspecified atom stereocenters. The molecule has 1 rings (SSSR count). The summed E-state index contributed by atoms with van der Waals surface area (Å²) in [6.07, 6.45) is 0. The molecule has 0 saturated heterocycles. The Morgan fingerprint density at radius 3 is 2.56 bits per heavy atom. The van der Waals surface area contributed by atoms with Crippen molar-refractivity contribution in [2.45, 2.75) is 0 Å². The topological polar surface area (TPSA) is 104 Å². The van der Waals surface area contributed by atoms with Crippen molar-refractivity contribution in [3.05, 3.63) is 10.5 Å². The lowest BCUT2D eigenvalue weighted by Crippen LogP contribution is -2.38. The second kappa shape index (κ2) is 4.90. The number of aromatic nitrogens is 3. The quantitative estimate of drug-likeness (QED) is 0.690. The molecule has 1 N–H and O–H groups in total. The van der Waals surface area contributed by atoms with Crippen molar-refractivity contribution in [3.63, 3.8) is 0 Å². The Balaban J connectivity index is 3.01. The largest absolute Gasteiger partial charge is 0.467 e. The maximum atomic E-state index is 11.4. The van der Waals surface area contributed by atoms with Crippen LogP contribution in [0.25, 0.3) is 0 Å². The molecule has 1 amide bonds. The molecule has 0 aliphatic carbocycles. The third kappa shape index (κ3) is 2.28. The molecule has 0 aliphatic rings. The van der Waals surface area contributed by atoms with Crippen molar-refractivity contribution in [2.24, 2.45) is 7.05 Å². The Kier molecular flexibility index (Phi) is 3.79. The van der Waals surface area contributed by atoms with Crippen molar-refractivity contribution in [1.29, 1.82) is 0 Å². The number of nitrogens with one attached hydrogen (secondary N) is 1.